The van der Waals surface area contributed by atoms with Gasteiger partial charge in [-0.05, 0) is 44.9 Å². The molecule has 11 heteroatoms. The van der Waals surface area contributed by atoms with E-state index in [1.807, 2.05) is 0 Å². The number of aliphatic hydroxyl groups is 2. The molecule has 0 saturated carbocycles. The van der Waals surface area contributed by atoms with Gasteiger partial charge < -0.3 is 24.6 Å². The van der Waals surface area contributed by atoms with Crippen LogP contribution in [-0.2, 0) is 32.7 Å². The number of hydrogen-bond acceptors (Lipinski definition) is 9. The molecule has 0 aromatic carbocycles. The average molecular weight is 1010 g/mol. The molecule has 3 unspecified atom stereocenters. The van der Waals surface area contributed by atoms with Crippen LogP contribution in [0.3, 0.4) is 0 Å². The Bertz CT molecular complexity index is 1210. The zero-order chi connectivity index (χ0) is 51.1. The summed E-state index contributed by atoms with van der Waals surface area (Å²) in [7, 11) is -4.63. The van der Waals surface area contributed by atoms with Gasteiger partial charge in [-0.2, -0.15) is 0 Å². The summed E-state index contributed by atoms with van der Waals surface area (Å²) < 4.78 is 33.0. The molecule has 0 saturated heterocycles. The summed E-state index contributed by atoms with van der Waals surface area (Å²) in [6.45, 7) is 2.45. The first-order valence-corrected chi connectivity index (χ1v) is 31.3. The fourth-order valence-electron chi connectivity index (χ4n) is 8.79. The Labute approximate surface area is 431 Å². The van der Waals surface area contributed by atoms with Crippen molar-refractivity contribution >= 4 is 19.8 Å². The van der Waals surface area contributed by atoms with E-state index in [1.54, 1.807) is 0 Å². The van der Waals surface area contributed by atoms with E-state index in [0.29, 0.717) is 12.8 Å². The van der Waals surface area contributed by atoms with Crippen molar-refractivity contribution < 1.29 is 47.8 Å². The van der Waals surface area contributed by atoms with Crippen molar-refractivity contribution in [1.82, 2.24) is 0 Å². The molecule has 0 aromatic heterocycles. The molecular formula is C59H113O10P. The van der Waals surface area contributed by atoms with Gasteiger partial charge in [0.05, 0.1) is 19.8 Å². The van der Waals surface area contributed by atoms with Crippen LogP contribution in [-0.4, -0.2) is 65.7 Å². The Morgan fingerprint density at radius 3 is 1.10 bits per heavy atom. The molecule has 10 nitrogen and oxygen atoms in total. The van der Waals surface area contributed by atoms with Crippen molar-refractivity contribution in [2.24, 2.45) is 0 Å². The molecule has 0 aliphatic heterocycles. The van der Waals surface area contributed by atoms with Gasteiger partial charge in [0.1, 0.15) is 12.7 Å². The van der Waals surface area contributed by atoms with E-state index in [4.69, 9.17) is 23.6 Å². The second-order valence-corrected chi connectivity index (χ2v) is 21.8. The number of phosphoric ester groups is 1. The third-order valence-electron chi connectivity index (χ3n) is 13.4. The van der Waals surface area contributed by atoms with E-state index in [0.717, 1.165) is 38.5 Å². The van der Waals surface area contributed by atoms with Crippen molar-refractivity contribution in [1.29, 1.82) is 0 Å². The van der Waals surface area contributed by atoms with Crippen LogP contribution in [0.25, 0.3) is 0 Å². The molecule has 0 bridgehead atoms. The van der Waals surface area contributed by atoms with Crippen LogP contribution >= 0.6 is 7.82 Å². The highest BCUT2D eigenvalue weighted by Crippen LogP contribution is 2.43. The van der Waals surface area contributed by atoms with E-state index < -0.39 is 51.8 Å². The summed E-state index contributed by atoms with van der Waals surface area (Å²) >= 11 is 0. The zero-order valence-electron chi connectivity index (χ0n) is 45.8. The zero-order valence-corrected chi connectivity index (χ0v) is 46.7. The summed E-state index contributed by atoms with van der Waals surface area (Å²) in [6, 6.07) is 0. The minimum Gasteiger partial charge on any atom is -0.462 e. The molecule has 0 aromatic rings. The predicted octanol–water partition coefficient (Wildman–Crippen LogP) is 17.6. The number of aliphatic hydroxyl groups excluding tert-OH is 2. The number of unbranched alkanes of at least 4 members (excludes halogenated alkanes) is 39. The fourth-order valence-corrected chi connectivity index (χ4v) is 9.58. The van der Waals surface area contributed by atoms with Gasteiger partial charge in [0.2, 0.25) is 0 Å². The maximum Gasteiger partial charge on any atom is 0.472 e. The Kier molecular flexibility index (Phi) is 54.0. The van der Waals surface area contributed by atoms with Gasteiger partial charge in [-0.15, -0.1) is 0 Å². The molecule has 0 rings (SSSR count). The molecular weight excluding hydrogens is 900 g/mol. The van der Waals surface area contributed by atoms with Crippen molar-refractivity contribution in [2.45, 2.75) is 315 Å². The fraction of sp³-hybridized carbons (Fsp3) is 0.898. The Balaban J connectivity index is 4.05. The minimum absolute atomic E-state index is 0.186. The second kappa shape index (κ2) is 55.2. The van der Waals surface area contributed by atoms with Crippen molar-refractivity contribution in [3.63, 3.8) is 0 Å². The highest BCUT2D eigenvalue weighted by atomic mass is 31.2. The van der Waals surface area contributed by atoms with Crippen LogP contribution in [0.15, 0.2) is 24.3 Å². The second-order valence-electron chi connectivity index (χ2n) is 20.4. The smallest absolute Gasteiger partial charge is 0.462 e. The number of phosphoric acid groups is 1. The third-order valence-corrected chi connectivity index (χ3v) is 14.3. The maximum atomic E-state index is 12.7. The first-order chi connectivity index (χ1) is 34.2. The number of allylic oxidation sites excluding steroid dienone is 4. The minimum atomic E-state index is -4.63. The monoisotopic (exact) mass is 1010 g/mol. The van der Waals surface area contributed by atoms with E-state index >= 15 is 0 Å². The van der Waals surface area contributed by atoms with Crippen LogP contribution in [0.5, 0.6) is 0 Å². The van der Waals surface area contributed by atoms with Gasteiger partial charge in [-0.25, -0.2) is 4.57 Å². The van der Waals surface area contributed by atoms with Gasteiger partial charge in [0.25, 0.3) is 0 Å². The lowest BCUT2D eigenvalue weighted by Crippen LogP contribution is -2.29. The van der Waals surface area contributed by atoms with Crippen LogP contribution in [0.1, 0.15) is 303 Å². The number of rotatable bonds is 57. The number of ether oxygens (including phenoxy) is 2. The Hall–Kier alpha value is -1.55. The molecule has 0 amide bonds. The number of carbonyl (C=O) groups is 2. The first-order valence-electron chi connectivity index (χ1n) is 29.8. The van der Waals surface area contributed by atoms with Gasteiger partial charge in [-0.3, -0.25) is 18.6 Å². The van der Waals surface area contributed by atoms with Crippen LogP contribution in [0.4, 0.5) is 0 Å². The Morgan fingerprint density at radius 1 is 0.429 bits per heavy atom. The normalized spacial score (nSPS) is 13.6. The number of hydrogen-bond donors (Lipinski definition) is 3. The van der Waals surface area contributed by atoms with E-state index in [2.05, 4.69) is 38.2 Å². The lowest BCUT2D eigenvalue weighted by atomic mass is 10.0. The molecule has 3 N–H and O–H groups in total. The molecule has 0 heterocycles. The van der Waals surface area contributed by atoms with Crippen LogP contribution in [0, 0.1) is 0 Å². The predicted molar refractivity (Wildman–Crippen MR) is 293 cm³/mol. The van der Waals surface area contributed by atoms with Crippen molar-refractivity contribution in [3.05, 3.63) is 24.3 Å². The van der Waals surface area contributed by atoms with Crippen molar-refractivity contribution in [3.8, 4) is 0 Å². The molecule has 3 atom stereocenters. The number of esters is 2. The highest BCUT2D eigenvalue weighted by molar-refractivity contribution is 7.47. The summed E-state index contributed by atoms with van der Waals surface area (Å²) in [5.74, 6) is -0.908. The molecule has 0 aliphatic carbocycles. The van der Waals surface area contributed by atoms with E-state index in [1.165, 1.54) is 225 Å². The van der Waals surface area contributed by atoms with Gasteiger partial charge in [0, 0.05) is 12.8 Å². The largest absolute Gasteiger partial charge is 0.472 e. The molecule has 0 spiro atoms. The first kappa shape index (κ1) is 68.5. The quantitative estimate of drug-likeness (QED) is 0.0233. The molecule has 70 heavy (non-hydrogen) atoms. The van der Waals surface area contributed by atoms with E-state index in [9.17, 15) is 24.2 Å². The molecule has 0 fully saturated rings. The summed E-state index contributed by atoms with van der Waals surface area (Å²) in [5.41, 5.74) is 0. The summed E-state index contributed by atoms with van der Waals surface area (Å²) in [6.07, 6.45) is 61.6. The maximum absolute atomic E-state index is 12.7. The average Bonchev–Trinajstić information content (AvgIpc) is 3.35. The SMILES string of the molecule is CCCCCCC/C=C\C/C=C\CCCCCCCCCCCCCC(=O)OC(COC(=O)CCCCCCCCCCCCCCCCCCCCCCCCCC)COP(=O)(O)OCC(O)CO. The lowest BCUT2D eigenvalue weighted by Gasteiger charge is -2.20. The van der Waals surface area contributed by atoms with Crippen LogP contribution in [0.2, 0.25) is 0 Å². The summed E-state index contributed by atoms with van der Waals surface area (Å²) in [5, 5.41) is 18.5. The van der Waals surface area contributed by atoms with Gasteiger partial charge in [-0.1, -0.05) is 269 Å². The molecule has 0 aliphatic rings. The number of carbonyl (C=O) groups excluding carboxylic acids is 2. The molecule has 0 radical (unpaired) electrons. The third kappa shape index (κ3) is 54.2. The Morgan fingerprint density at radius 2 is 0.743 bits per heavy atom. The van der Waals surface area contributed by atoms with Gasteiger partial charge in [0.15, 0.2) is 6.10 Å². The molecule has 414 valence electrons. The van der Waals surface area contributed by atoms with Gasteiger partial charge >= 0.3 is 19.8 Å². The van der Waals surface area contributed by atoms with Crippen molar-refractivity contribution in [2.75, 3.05) is 26.4 Å². The standard InChI is InChI=1S/C59H113O10P/c1-3-5-7-9-11-13-15-17-19-21-23-25-27-29-30-32-34-36-38-40-42-44-46-48-50-58(62)66-54-57(55-68-70(64,65)67-53-56(61)52-60)69-59(63)51-49-47-45-43-41-39-37-35-33-31-28-26-24-22-20-18-16-14-12-10-8-6-4-2/h16,18,22,24,56-57,60-61H,3-15,17,19-21,23,25-55H2,1-2H3,(H,64,65)/b18-16-,24-22-. The van der Waals surface area contributed by atoms with Crippen LogP contribution < -0.4 is 0 Å². The highest BCUT2D eigenvalue weighted by Gasteiger charge is 2.27. The lowest BCUT2D eigenvalue weighted by molar-refractivity contribution is -0.161. The van der Waals surface area contributed by atoms with E-state index in [-0.39, 0.29) is 19.4 Å². The topological polar surface area (TPSA) is 149 Å². The summed E-state index contributed by atoms with van der Waals surface area (Å²) in [4.78, 5) is 35.3.